The number of primary amides is 1. The Bertz CT molecular complexity index is 723. The fourth-order valence-corrected chi connectivity index (χ4v) is 2.02. The summed E-state index contributed by atoms with van der Waals surface area (Å²) < 4.78 is 27.5. The molecular formula is C13H13F2N5O2. The number of aromatic amines is 1. The van der Waals surface area contributed by atoms with E-state index >= 15 is 0 Å². The van der Waals surface area contributed by atoms with Gasteiger partial charge in [-0.1, -0.05) is 0 Å². The van der Waals surface area contributed by atoms with Gasteiger partial charge in [-0.3, -0.25) is 14.7 Å². The van der Waals surface area contributed by atoms with Gasteiger partial charge >= 0.3 is 0 Å². The van der Waals surface area contributed by atoms with Gasteiger partial charge in [-0.15, -0.1) is 0 Å². The number of aromatic nitrogens is 3. The van der Waals surface area contributed by atoms with Crippen LogP contribution in [0.15, 0.2) is 18.5 Å². The monoisotopic (exact) mass is 309 g/mol. The number of hydrogen-bond acceptors (Lipinski definition) is 4. The third-order valence-electron chi connectivity index (χ3n) is 3.00. The summed E-state index contributed by atoms with van der Waals surface area (Å²) in [6.45, 7) is 1.98. The van der Waals surface area contributed by atoms with Crippen molar-refractivity contribution >= 4 is 17.5 Å². The summed E-state index contributed by atoms with van der Waals surface area (Å²) in [7, 11) is 0. The van der Waals surface area contributed by atoms with Crippen molar-refractivity contribution < 1.29 is 18.4 Å². The fourth-order valence-electron chi connectivity index (χ4n) is 2.02. The van der Waals surface area contributed by atoms with Crippen LogP contribution in [0.25, 0.3) is 0 Å². The maximum absolute atomic E-state index is 13.8. The number of amides is 2. The van der Waals surface area contributed by atoms with Gasteiger partial charge in [0.05, 0.1) is 17.4 Å². The molecule has 0 saturated carbocycles. The number of carbonyl (C=O) groups excluding carboxylic acids is 2. The third kappa shape index (κ3) is 2.92. The number of hydrogen-bond donors (Lipinski definition) is 3. The van der Waals surface area contributed by atoms with Gasteiger partial charge in [0.25, 0.3) is 17.7 Å². The minimum absolute atomic E-state index is 0.0177. The molecule has 0 fully saturated rings. The highest BCUT2D eigenvalue weighted by molar-refractivity contribution is 6.03. The molecule has 4 N–H and O–H groups in total. The Morgan fingerprint density at radius 3 is 2.59 bits per heavy atom. The second-order valence-corrected chi connectivity index (χ2v) is 4.70. The van der Waals surface area contributed by atoms with Crippen LogP contribution in [0.2, 0.25) is 0 Å². The van der Waals surface area contributed by atoms with Crippen LogP contribution in [-0.4, -0.2) is 27.0 Å². The molecule has 2 aromatic heterocycles. The lowest BCUT2D eigenvalue weighted by molar-refractivity contribution is 0.0154. The molecule has 22 heavy (non-hydrogen) atoms. The highest BCUT2D eigenvalue weighted by Gasteiger charge is 2.33. The number of pyridine rings is 1. The Balaban J connectivity index is 2.46. The second-order valence-electron chi connectivity index (χ2n) is 4.70. The first kappa shape index (κ1) is 15.5. The molecular weight excluding hydrogens is 296 g/mol. The molecule has 0 aromatic carbocycles. The number of alkyl halides is 2. The van der Waals surface area contributed by atoms with Crippen LogP contribution >= 0.6 is 0 Å². The number of carbonyl (C=O) groups is 2. The zero-order chi connectivity index (χ0) is 16.5. The van der Waals surface area contributed by atoms with Crippen LogP contribution in [0.1, 0.15) is 39.0 Å². The minimum atomic E-state index is -3.34. The Kier molecular flexibility index (Phi) is 3.89. The summed E-state index contributed by atoms with van der Waals surface area (Å²) in [5.41, 5.74) is 4.17. The number of halogens is 2. The van der Waals surface area contributed by atoms with Crippen LogP contribution in [-0.2, 0) is 5.92 Å². The second kappa shape index (κ2) is 5.51. The molecule has 9 heteroatoms. The largest absolute Gasteiger partial charge is 0.364 e. The van der Waals surface area contributed by atoms with E-state index in [-0.39, 0.29) is 16.9 Å². The predicted octanol–water partition coefficient (Wildman–Crippen LogP) is 1.58. The lowest BCUT2D eigenvalue weighted by atomic mass is 10.00. The molecule has 0 aliphatic carbocycles. The van der Waals surface area contributed by atoms with Crippen LogP contribution in [0.3, 0.4) is 0 Å². The molecule has 0 atom stereocenters. The average molecular weight is 309 g/mol. The highest BCUT2D eigenvalue weighted by Crippen LogP contribution is 2.34. The van der Waals surface area contributed by atoms with Crippen molar-refractivity contribution in [2.75, 3.05) is 5.32 Å². The quantitative estimate of drug-likeness (QED) is 0.795. The summed E-state index contributed by atoms with van der Waals surface area (Å²) in [5.74, 6) is -4.97. The Morgan fingerprint density at radius 1 is 1.41 bits per heavy atom. The summed E-state index contributed by atoms with van der Waals surface area (Å²) >= 11 is 0. The number of H-pyrrole nitrogens is 1. The molecule has 0 unspecified atom stereocenters. The molecule has 116 valence electrons. The summed E-state index contributed by atoms with van der Waals surface area (Å²) in [6, 6.07) is 1.42. The van der Waals surface area contributed by atoms with Crippen molar-refractivity contribution in [2.24, 2.45) is 5.73 Å². The van der Waals surface area contributed by atoms with Gasteiger partial charge in [0.2, 0.25) is 0 Å². The van der Waals surface area contributed by atoms with Gasteiger partial charge in [0.1, 0.15) is 11.4 Å². The van der Waals surface area contributed by atoms with Crippen molar-refractivity contribution in [3.63, 3.8) is 0 Å². The van der Waals surface area contributed by atoms with Gasteiger partial charge in [-0.2, -0.15) is 5.10 Å². The van der Waals surface area contributed by atoms with Gasteiger partial charge < -0.3 is 11.1 Å². The van der Waals surface area contributed by atoms with Gasteiger partial charge in [-0.25, -0.2) is 13.8 Å². The van der Waals surface area contributed by atoms with E-state index in [1.54, 1.807) is 0 Å². The maximum atomic E-state index is 13.8. The first-order chi connectivity index (χ1) is 10.2. The van der Waals surface area contributed by atoms with Crippen molar-refractivity contribution in [3.05, 3.63) is 41.0 Å². The first-order valence-corrected chi connectivity index (χ1v) is 6.20. The number of nitrogens with two attached hydrogens (primary N) is 1. The zero-order valence-corrected chi connectivity index (χ0v) is 11.8. The third-order valence-corrected chi connectivity index (χ3v) is 3.00. The average Bonchev–Trinajstić information content (AvgIpc) is 2.92. The SMILES string of the molecule is Cc1c(NC(=O)c2ccn[nH]2)cnc(C(N)=O)c1C(C)(F)F. The zero-order valence-electron chi connectivity index (χ0n) is 11.8. The number of nitrogens with zero attached hydrogens (tertiary/aromatic N) is 2. The van der Waals surface area contributed by atoms with E-state index in [1.807, 2.05) is 0 Å². The van der Waals surface area contributed by atoms with Crippen molar-refractivity contribution in [1.82, 2.24) is 15.2 Å². The lowest BCUT2D eigenvalue weighted by Gasteiger charge is -2.19. The molecule has 2 heterocycles. The van der Waals surface area contributed by atoms with Gasteiger partial charge in [-0.05, 0) is 18.6 Å². The molecule has 0 aliphatic rings. The molecule has 2 aromatic rings. The van der Waals surface area contributed by atoms with E-state index in [0.29, 0.717) is 6.92 Å². The normalized spacial score (nSPS) is 11.3. The van der Waals surface area contributed by atoms with E-state index in [9.17, 15) is 18.4 Å². The predicted molar refractivity (Wildman–Crippen MR) is 73.6 cm³/mol. The molecule has 0 saturated heterocycles. The topological polar surface area (TPSA) is 114 Å². The Hall–Kier alpha value is -2.84. The smallest absolute Gasteiger partial charge is 0.273 e. The highest BCUT2D eigenvalue weighted by atomic mass is 19.3. The Labute approximate surface area is 123 Å². The van der Waals surface area contributed by atoms with Gasteiger partial charge in [0.15, 0.2) is 0 Å². The molecule has 0 bridgehead atoms. The molecule has 2 rings (SSSR count). The van der Waals surface area contributed by atoms with E-state index in [1.165, 1.54) is 19.2 Å². The number of anilines is 1. The van der Waals surface area contributed by atoms with Crippen molar-refractivity contribution in [1.29, 1.82) is 0 Å². The molecule has 2 amide bonds. The molecule has 0 spiro atoms. The maximum Gasteiger partial charge on any atom is 0.273 e. The number of nitrogens with one attached hydrogen (secondary N) is 2. The lowest BCUT2D eigenvalue weighted by Crippen LogP contribution is -2.24. The Morgan fingerprint density at radius 2 is 2.09 bits per heavy atom. The van der Waals surface area contributed by atoms with Crippen molar-refractivity contribution in [2.45, 2.75) is 19.8 Å². The fraction of sp³-hybridized carbons (Fsp3) is 0.231. The van der Waals surface area contributed by atoms with Crippen LogP contribution in [0, 0.1) is 6.92 Å². The summed E-state index contributed by atoms with van der Waals surface area (Å²) in [5, 5.41) is 8.50. The first-order valence-electron chi connectivity index (χ1n) is 6.20. The van der Waals surface area contributed by atoms with E-state index in [0.717, 1.165) is 6.20 Å². The molecule has 0 radical (unpaired) electrons. The standard InChI is InChI=1S/C13H13F2N5O2/c1-6-8(19-12(22)7-3-4-18-20-7)5-17-10(11(16)21)9(6)13(2,14)15/h3-5H,1-2H3,(H2,16,21)(H,18,20)(H,19,22). The van der Waals surface area contributed by atoms with Crippen molar-refractivity contribution in [3.8, 4) is 0 Å². The van der Waals surface area contributed by atoms with Crippen LogP contribution in [0.5, 0.6) is 0 Å². The summed E-state index contributed by atoms with van der Waals surface area (Å²) in [6.07, 6.45) is 2.49. The van der Waals surface area contributed by atoms with Crippen LogP contribution < -0.4 is 11.1 Å². The summed E-state index contributed by atoms with van der Waals surface area (Å²) in [4.78, 5) is 26.8. The van der Waals surface area contributed by atoms with Gasteiger partial charge in [0, 0.05) is 13.1 Å². The number of rotatable bonds is 4. The van der Waals surface area contributed by atoms with E-state index < -0.39 is 29.0 Å². The minimum Gasteiger partial charge on any atom is -0.364 e. The van der Waals surface area contributed by atoms with E-state index in [2.05, 4.69) is 20.5 Å². The van der Waals surface area contributed by atoms with E-state index in [4.69, 9.17) is 5.73 Å². The molecule has 7 nitrogen and oxygen atoms in total. The van der Waals surface area contributed by atoms with Crippen LogP contribution in [0.4, 0.5) is 14.5 Å². The molecule has 0 aliphatic heterocycles.